The van der Waals surface area contributed by atoms with Crippen LogP contribution >= 0.6 is 11.3 Å². The second kappa shape index (κ2) is 5.66. The first-order valence-corrected chi connectivity index (χ1v) is 7.75. The van der Waals surface area contributed by atoms with Crippen LogP contribution in [0.3, 0.4) is 0 Å². The van der Waals surface area contributed by atoms with Crippen molar-refractivity contribution >= 4 is 33.1 Å². The molecule has 0 spiro atoms. The van der Waals surface area contributed by atoms with Crippen LogP contribution in [0.1, 0.15) is 18.9 Å². The Labute approximate surface area is 127 Å². The van der Waals surface area contributed by atoms with Crippen molar-refractivity contribution in [1.29, 1.82) is 0 Å². The summed E-state index contributed by atoms with van der Waals surface area (Å²) in [4.78, 5) is 16.3. The van der Waals surface area contributed by atoms with Crippen molar-refractivity contribution < 1.29 is 4.79 Å². The van der Waals surface area contributed by atoms with E-state index in [0.29, 0.717) is 6.42 Å². The standard InChI is InChI=1S/C17H16N2OS/c1-3-16(20)18-14-10-12(9-8-11(14)2)17-19-13-6-4-5-7-15(13)21-17/h4-10H,3H2,1-2H3,(H,18,20). The van der Waals surface area contributed by atoms with Crippen molar-refractivity contribution in [2.24, 2.45) is 0 Å². The van der Waals surface area contributed by atoms with Crippen LogP contribution in [-0.2, 0) is 4.79 Å². The second-order valence-corrected chi connectivity index (χ2v) is 5.95. The molecule has 0 bridgehead atoms. The molecule has 0 aliphatic heterocycles. The minimum Gasteiger partial charge on any atom is -0.326 e. The maximum absolute atomic E-state index is 11.6. The molecule has 0 fully saturated rings. The molecule has 0 saturated carbocycles. The lowest BCUT2D eigenvalue weighted by Crippen LogP contribution is -2.10. The molecule has 1 heterocycles. The van der Waals surface area contributed by atoms with Gasteiger partial charge in [0.15, 0.2) is 0 Å². The van der Waals surface area contributed by atoms with Gasteiger partial charge in [-0.1, -0.05) is 31.2 Å². The number of amides is 1. The van der Waals surface area contributed by atoms with Gasteiger partial charge in [0.05, 0.1) is 10.2 Å². The summed E-state index contributed by atoms with van der Waals surface area (Å²) in [5.41, 5.74) is 3.96. The van der Waals surface area contributed by atoms with Gasteiger partial charge < -0.3 is 5.32 Å². The van der Waals surface area contributed by atoms with Gasteiger partial charge in [-0.15, -0.1) is 11.3 Å². The number of nitrogens with zero attached hydrogens (tertiary/aromatic N) is 1. The van der Waals surface area contributed by atoms with E-state index in [2.05, 4.69) is 22.4 Å². The fraction of sp³-hybridized carbons (Fsp3) is 0.176. The van der Waals surface area contributed by atoms with Crippen molar-refractivity contribution in [1.82, 2.24) is 4.98 Å². The normalized spacial score (nSPS) is 10.8. The molecule has 3 rings (SSSR count). The number of fused-ring (bicyclic) bond motifs is 1. The fourth-order valence-corrected chi connectivity index (χ4v) is 3.09. The van der Waals surface area contributed by atoms with Gasteiger partial charge in [-0.05, 0) is 30.7 Å². The minimum absolute atomic E-state index is 0.0274. The molecule has 3 nitrogen and oxygen atoms in total. The van der Waals surface area contributed by atoms with E-state index < -0.39 is 0 Å². The summed E-state index contributed by atoms with van der Waals surface area (Å²) in [7, 11) is 0. The van der Waals surface area contributed by atoms with E-state index in [9.17, 15) is 4.79 Å². The van der Waals surface area contributed by atoms with E-state index in [4.69, 9.17) is 0 Å². The maximum atomic E-state index is 11.6. The van der Waals surface area contributed by atoms with Crippen molar-refractivity contribution in [2.45, 2.75) is 20.3 Å². The second-order valence-electron chi connectivity index (χ2n) is 4.92. The summed E-state index contributed by atoms with van der Waals surface area (Å²) in [5, 5.41) is 3.92. The Morgan fingerprint density at radius 3 is 2.81 bits per heavy atom. The predicted octanol–water partition coefficient (Wildman–Crippen LogP) is 4.62. The summed E-state index contributed by atoms with van der Waals surface area (Å²) < 4.78 is 1.17. The molecular formula is C17H16N2OS. The Hall–Kier alpha value is -2.20. The summed E-state index contributed by atoms with van der Waals surface area (Å²) in [6.07, 6.45) is 0.477. The first-order valence-electron chi connectivity index (χ1n) is 6.94. The smallest absolute Gasteiger partial charge is 0.224 e. The highest BCUT2D eigenvalue weighted by Gasteiger charge is 2.09. The van der Waals surface area contributed by atoms with Gasteiger partial charge in [0.2, 0.25) is 5.91 Å². The first-order chi connectivity index (χ1) is 10.2. The topological polar surface area (TPSA) is 42.0 Å². The van der Waals surface area contributed by atoms with Gasteiger partial charge in [-0.25, -0.2) is 4.98 Å². The number of aryl methyl sites for hydroxylation is 1. The number of thiazole rings is 1. The number of hydrogen-bond acceptors (Lipinski definition) is 3. The zero-order valence-electron chi connectivity index (χ0n) is 12.0. The van der Waals surface area contributed by atoms with E-state index >= 15 is 0 Å². The molecule has 0 saturated heterocycles. The van der Waals surface area contributed by atoms with E-state index in [1.807, 2.05) is 44.2 Å². The lowest BCUT2D eigenvalue weighted by Gasteiger charge is -2.08. The monoisotopic (exact) mass is 296 g/mol. The predicted molar refractivity (Wildman–Crippen MR) is 88.7 cm³/mol. The van der Waals surface area contributed by atoms with Crippen LogP contribution < -0.4 is 5.32 Å². The lowest BCUT2D eigenvalue weighted by molar-refractivity contribution is -0.115. The molecule has 0 radical (unpaired) electrons. The number of nitrogens with one attached hydrogen (secondary N) is 1. The summed E-state index contributed by atoms with van der Waals surface area (Å²) >= 11 is 1.67. The third-order valence-electron chi connectivity index (χ3n) is 3.37. The lowest BCUT2D eigenvalue weighted by atomic mass is 10.1. The number of anilines is 1. The van der Waals surface area contributed by atoms with Gasteiger partial charge in [-0.3, -0.25) is 4.79 Å². The zero-order chi connectivity index (χ0) is 14.8. The van der Waals surface area contributed by atoms with E-state index in [1.165, 1.54) is 4.70 Å². The highest BCUT2D eigenvalue weighted by atomic mass is 32.1. The molecule has 0 atom stereocenters. The Bertz CT molecular complexity index is 774. The van der Waals surface area contributed by atoms with E-state index in [1.54, 1.807) is 11.3 Å². The number of para-hydroxylation sites is 1. The van der Waals surface area contributed by atoms with Crippen molar-refractivity contribution in [3.8, 4) is 10.6 Å². The number of rotatable bonds is 3. The van der Waals surface area contributed by atoms with Crippen LogP contribution in [-0.4, -0.2) is 10.9 Å². The van der Waals surface area contributed by atoms with Crippen molar-refractivity contribution in [3.05, 3.63) is 48.0 Å². The molecule has 2 aromatic carbocycles. The minimum atomic E-state index is 0.0274. The summed E-state index contributed by atoms with van der Waals surface area (Å²) in [5.74, 6) is 0.0274. The van der Waals surface area contributed by atoms with E-state index in [-0.39, 0.29) is 5.91 Å². The average Bonchev–Trinajstić information content (AvgIpc) is 2.93. The van der Waals surface area contributed by atoms with Crippen LogP contribution in [0.4, 0.5) is 5.69 Å². The number of benzene rings is 2. The molecule has 1 aromatic heterocycles. The largest absolute Gasteiger partial charge is 0.326 e. The van der Waals surface area contributed by atoms with Crippen molar-refractivity contribution in [2.75, 3.05) is 5.32 Å². The number of carbonyl (C=O) groups is 1. The van der Waals surface area contributed by atoms with Crippen LogP contribution in [0.5, 0.6) is 0 Å². The van der Waals surface area contributed by atoms with Crippen LogP contribution in [0.15, 0.2) is 42.5 Å². The molecule has 4 heteroatoms. The third-order valence-corrected chi connectivity index (χ3v) is 4.46. The first kappa shape index (κ1) is 13.8. The van der Waals surface area contributed by atoms with Crippen LogP contribution in [0.2, 0.25) is 0 Å². The molecule has 106 valence electrons. The van der Waals surface area contributed by atoms with Gasteiger partial charge in [0.25, 0.3) is 0 Å². The van der Waals surface area contributed by atoms with Crippen LogP contribution in [0.25, 0.3) is 20.8 Å². The highest BCUT2D eigenvalue weighted by Crippen LogP contribution is 2.32. The molecule has 21 heavy (non-hydrogen) atoms. The maximum Gasteiger partial charge on any atom is 0.224 e. The molecule has 3 aromatic rings. The van der Waals surface area contributed by atoms with E-state index in [0.717, 1.165) is 27.3 Å². The van der Waals surface area contributed by atoms with Gasteiger partial charge >= 0.3 is 0 Å². The molecule has 1 N–H and O–H groups in total. The Kier molecular flexibility index (Phi) is 3.71. The van der Waals surface area contributed by atoms with Crippen molar-refractivity contribution in [3.63, 3.8) is 0 Å². The SMILES string of the molecule is CCC(=O)Nc1cc(-c2nc3ccccc3s2)ccc1C. The molecule has 0 aliphatic rings. The summed E-state index contributed by atoms with van der Waals surface area (Å²) in [6.45, 7) is 3.84. The van der Waals surface area contributed by atoms with Gasteiger partial charge in [-0.2, -0.15) is 0 Å². The summed E-state index contributed by atoms with van der Waals surface area (Å²) in [6, 6.07) is 14.2. The highest BCUT2D eigenvalue weighted by molar-refractivity contribution is 7.21. The molecule has 1 amide bonds. The fourth-order valence-electron chi connectivity index (χ4n) is 2.12. The molecular weight excluding hydrogens is 280 g/mol. The average molecular weight is 296 g/mol. The van der Waals surface area contributed by atoms with Gasteiger partial charge in [0.1, 0.15) is 5.01 Å². The Balaban J connectivity index is 2.02. The van der Waals surface area contributed by atoms with Gasteiger partial charge in [0, 0.05) is 17.7 Å². The number of hydrogen-bond donors (Lipinski definition) is 1. The molecule has 0 unspecified atom stereocenters. The number of carbonyl (C=O) groups excluding carboxylic acids is 1. The number of aromatic nitrogens is 1. The quantitative estimate of drug-likeness (QED) is 0.766. The van der Waals surface area contributed by atoms with Crippen LogP contribution in [0, 0.1) is 6.92 Å². The third kappa shape index (κ3) is 2.81. The molecule has 0 aliphatic carbocycles. The zero-order valence-corrected chi connectivity index (χ0v) is 12.8. The Morgan fingerprint density at radius 1 is 1.24 bits per heavy atom. The Morgan fingerprint density at radius 2 is 2.05 bits per heavy atom.